The third-order valence-electron chi connectivity index (χ3n) is 10.1. The molecule has 3 aromatic carbocycles. The maximum atomic E-state index is 14.1. The topological polar surface area (TPSA) is 139 Å². The molecule has 2 aliphatic heterocycles. The zero-order valence-corrected chi connectivity index (χ0v) is 29.3. The lowest BCUT2D eigenvalue weighted by Gasteiger charge is -2.29. The lowest BCUT2D eigenvalue weighted by atomic mass is 9.88. The van der Waals surface area contributed by atoms with Crippen molar-refractivity contribution in [2.75, 3.05) is 46.1 Å². The summed E-state index contributed by atoms with van der Waals surface area (Å²) in [5.74, 6) is -0.210. The van der Waals surface area contributed by atoms with Crippen molar-refractivity contribution < 1.29 is 38.7 Å². The SMILES string of the molecule is C[C@H]1C[C@H](OC(=O)N[C@@H](Cc2ccccc2)[C@@H](O)C[C@@H](Cc2ccc(OCCN3CCOCC3)cc2)C(=O)N[C@H]2c3ccccc3C[C@H]2O)CO1. The predicted molar refractivity (Wildman–Crippen MR) is 191 cm³/mol. The average molecular weight is 702 g/mol. The van der Waals surface area contributed by atoms with Gasteiger partial charge < -0.3 is 39.8 Å². The summed E-state index contributed by atoms with van der Waals surface area (Å²) in [5, 5.41) is 28.7. The molecule has 1 aliphatic carbocycles. The van der Waals surface area contributed by atoms with E-state index in [0.29, 0.717) is 38.9 Å². The number of benzene rings is 3. The van der Waals surface area contributed by atoms with Gasteiger partial charge in [0.25, 0.3) is 0 Å². The molecule has 11 heteroatoms. The van der Waals surface area contributed by atoms with Crippen LogP contribution in [0.3, 0.4) is 0 Å². The van der Waals surface area contributed by atoms with Crippen molar-refractivity contribution in [3.05, 3.63) is 101 Å². The second-order valence-corrected chi connectivity index (χ2v) is 14.0. The van der Waals surface area contributed by atoms with Gasteiger partial charge in [0.15, 0.2) is 0 Å². The maximum absolute atomic E-state index is 14.1. The summed E-state index contributed by atoms with van der Waals surface area (Å²) >= 11 is 0. The van der Waals surface area contributed by atoms with Crippen LogP contribution < -0.4 is 15.4 Å². The fourth-order valence-corrected chi connectivity index (χ4v) is 7.23. The van der Waals surface area contributed by atoms with Gasteiger partial charge in [0.05, 0.1) is 50.2 Å². The highest BCUT2D eigenvalue weighted by Gasteiger charge is 2.36. The zero-order chi connectivity index (χ0) is 35.6. The molecular weight excluding hydrogens is 650 g/mol. The Labute approximate surface area is 300 Å². The molecule has 2 saturated heterocycles. The molecule has 6 rings (SSSR count). The Hall–Kier alpha value is -4.00. The van der Waals surface area contributed by atoms with Crippen molar-refractivity contribution in [2.45, 2.75) is 75.5 Å². The van der Waals surface area contributed by atoms with Crippen LogP contribution in [0.5, 0.6) is 5.75 Å². The molecule has 51 heavy (non-hydrogen) atoms. The Morgan fingerprint density at radius 3 is 2.43 bits per heavy atom. The highest BCUT2D eigenvalue weighted by atomic mass is 16.6. The van der Waals surface area contributed by atoms with Gasteiger partial charge in [-0.1, -0.05) is 66.7 Å². The number of hydrogen-bond acceptors (Lipinski definition) is 9. The quantitative estimate of drug-likeness (QED) is 0.187. The molecule has 2 heterocycles. The second-order valence-electron chi connectivity index (χ2n) is 14.0. The van der Waals surface area contributed by atoms with Gasteiger partial charge in [-0.05, 0) is 60.6 Å². The van der Waals surface area contributed by atoms with Gasteiger partial charge in [0.1, 0.15) is 18.5 Å². The van der Waals surface area contributed by atoms with Crippen molar-refractivity contribution in [3.63, 3.8) is 0 Å². The fraction of sp³-hybridized carbons (Fsp3) is 0.500. The number of nitrogens with one attached hydrogen (secondary N) is 2. The lowest BCUT2D eigenvalue weighted by Crippen LogP contribution is -2.48. The highest BCUT2D eigenvalue weighted by molar-refractivity contribution is 5.80. The van der Waals surface area contributed by atoms with Crippen molar-refractivity contribution in [1.29, 1.82) is 0 Å². The molecule has 4 N–H and O–H groups in total. The van der Waals surface area contributed by atoms with E-state index in [-0.39, 0.29) is 24.5 Å². The largest absolute Gasteiger partial charge is 0.492 e. The smallest absolute Gasteiger partial charge is 0.407 e. The minimum Gasteiger partial charge on any atom is -0.492 e. The first-order valence-electron chi connectivity index (χ1n) is 18.2. The molecule has 7 atom stereocenters. The van der Waals surface area contributed by atoms with Crippen LogP contribution in [0.15, 0.2) is 78.9 Å². The summed E-state index contributed by atoms with van der Waals surface area (Å²) < 4.78 is 22.6. The van der Waals surface area contributed by atoms with E-state index >= 15 is 0 Å². The number of rotatable bonds is 15. The second kappa shape index (κ2) is 18.0. The number of carbonyl (C=O) groups excluding carboxylic acids is 2. The number of nitrogens with zero attached hydrogens (tertiary/aromatic N) is 1. The van der Waals surface area contributed by atoms with E-state index < -0.39 is 36.3 Å². The van der Waals surface area contributed by atoms with Crippen LogP contribution in [-0.4, -0.2) is 104 Å². The summed E-state index contributed by atoms with van der Waals surface area (Å²) in [5.41, 5.74) is 3.73. The molecule has 3 aromatic rings. The molecule has 11 nitrogen and oxygen atoms in total. The van der Waals surface area contributed by atoms with Crippen LogP contribution in [0.25, 0.3) is 0 Å². The fourth-order valence-electron chi connectivity index (χ4n) is 7.23. The number of ether oxygens (including phenoxy) is 4. The molecule has 2 fully saturated rings. The molecule has 0 saturated carbocycles. The first-order valence-corrected chi connectivity index (χ1v) is 18.2. The lowest BCUT2D eigenvalue weighted by molar-refractivity contribution is -0.127. The standard InChI is InChI=1S/C40H51N3O8/c1-27-21-33(26-50-27)51-40(47)41-35(23-28-7-3-2-4-8-28)36(44)25-31(39(46)42-38-34-10-6-5-9-30(34)24-37(38)45)22-29-11-13-32(14-12-29)49-20-17-43-15-18-48-19-16-43/h2-14,27,31,33,35-38,44-45H,15-26H2,1H3,(H,41,47)(H,42,46)/t27-,31+,33-,35-,36-,37+,38-/m0/s1. The van der Waals surface area contributed by atoms with Gasteiger partial charge in [-0.2, -0.15) is 0 Å². The first-order chi connectivity index (χ1) is 24.8. The van der Waals surface area contributed by atoms with Gasteiger partial charge in [0.2, 0.25) is 5.91 Å². The molecule has 0 unspecified atom stereocenters. The van der Waals surface area contributed by atoms with Crippen LogP contribution in [-0.2, 0) is 38.3 Å². The molecule has 2 amide bonds. The molecule has 0 spiro atoms. The minimum atomic E-state index is -1.09. The van der Waals surface area contributed by atoms with E-state index in [9.17, 15) is 19.8 Å². The van der Waals surface area contributed by atoms with E-state index in [4.69, 9.17) is 18.9 Å². The third kappa shape index (κ3) is 10.5. The number of amides is 2. The Morgan fingerprint density at radius 2 is 1.69 bits per heavy atom. The third-order valence-corrected chi connectivity index (χ3v) is 10.1. The van der Waals surface area contributed by atoms with E-state index in [1.807, 2.05) is 85.8 Å². The van der Waals surface area contributed by atoms with Crippen LogP contribution in [0.2, 0.25) is 0 Å². The van der Waals surface area contributed by atoms with Crippen molar-refractivity contribution in [2.24, 2.45) is 5.92 Å². The number of morpholine rings is 1. The van der Waals surface area contributed by atoms with Gasteiger partial charge in [-0.3, -0.25) is 9.69 Å². The normalized spacial score (nSPS) is 23.5. The Kier molecular flexibility index (Phi) is 13.0. The number of aliphatic hydroxyl groups excluding tert-OH is 2. The number of aliphatic hydroxyl groups is 2. The molecule has 3 aliphatic rings. The Balaban J connectivity index is 1.16. The van der Waals surface area contributed by atoms with Gasteiger partial charge in [-0.15, -0.1) is 0 Å². The highest BCUT2D eigenvalue weighted by Crippen LogP contribution is 2.32. The van der Waals surface area contributed by atoms with E-state index in [0.717, 1.165) is 60.9 Å². The average Bonchev–Trinajstić information content (AvgIpc) is 3.69. The van der Waals surface area contributed by atoms with E-state index in [1.165, 1.54) is 0 Å². The number of fused-ring (bicyclic) bond motifs is 1. The monoisotopic (exact) mass is 701 g/mol. The number of alkyl carbamates (subject to hydrolysis) is 1. The van der Waals surface area contributed by atoms with Crippen LogP contribution in [0.4, 0.5) is 4.79 Å². The maximum Gasteiger partial charge on any atom is 0.407 e. The molecular formula is C40H51N3O8. The number of hydrogen-bond donors (Lipinski definition) is 4. The van der Waals surface area contributed by atoms with Crippen LogP contribution in [0.1, 0.15) is 48.1 Å². The Bertz CT molecular complexity index is 1550. The van der Waals surface area contributed by atoms with Gasteiger partial charge in [-0.25, -0.2) is 4.79 Å². The van der Waals surface area contributed by atoms with Crippen molar-refractivity contribution in [1.82, 2.24) is 15.5 Å². The van der Waals surface area contributed by atoms with Crippen LogP contribution >= 0.6 is 0 Å². The minimum absolute atomic E-state index is 0.00819. The van der Waals surface area contributed by atoms with Gasteiger partial charge >= 0.3 is 6.09 Å². The van der Waals surface area contributed by atoms with Crippen molar-refractivity contribution in [3.8, 4) is 5.75 Å². The van der Waals surface area contributed by atoms with Crippen molar-refractivity contribution >= 4 is 12.0 Å². The summed E-state index contributed by atoms with van der Waals surface area (Å²) in [4.78, 5) is 29.5. The van der Waals surface area contributed by atoms with Crippen LogP contribution in [0, 0.1) is 5.92 Å². The van der Waals surface area contributed by atoms with E-state index in [1.54, 1.807) is 0 Å². The molecule has 0 bridgehead atoms. The summed E-state index contributed by atoms with van der Waals surface area (Å²) in [6.45, 7) is 6.94. The Morgan fingerprint density at radius 1 is 0.961 bits per heavy atom. The van der Waals surface area contributed by atoms with Gasteiger partial charge in [0, 0.05) is 38.4 Å². The zero-order valence-electron chi connectivity index (χ0n) is 29.3. The predicted octanol–water partition coefficient (Wildman–Crippen LogP) is 3.60. The molecule has 0 radical (unpaired) electrons. The molecule has 274 valence electrons. The molecule has 0 aromatic heterocycles. The van der Waals surface area contributed by atoms with E-state index in [2.05, 4.69) is 15.5 Å². The summed E-state index contributed by atoms with van der Waals surface area (Å²) in [7, 11) is 0. The summed E-state index contributed by atoms with van der Waals surface area (Å²) in [6, 6.07) is 23.7. The number of carbonyl (C=O) groups is 2. The summed E-state index contributed by atoms with van der Waals surface area (Å²) in [6.07, 6.45) is -1.02. The first kappa shape index (κ1) is 36.8.